The number of carbonyl (C=O) groups excluding carboxylic acids is 1. The Bertz CT molecular complexity index is 426. The summed E-state index contributed by atoms with van der Waals surface area (Å²) in [5, 5.41) is 8.54. The Morgan fingerprint density at radius 1 is 1.64 bits per heavy atom. The van der Waals surface area contributed by atoms with Crippen molar-refractivity contribution in [2.24, 2.45) is 0 Å². The van der Waals surface area contributed by atoms with Crippen LogP contribution in [0.3, 0.4) is 0 Å². The number of nitrogens with zero attached hydrogens (tertiary/aromatic N) is 1. The minimum Gasteiger partial charge on any atom is -0.465 e. The van der Waals surface area contributed by atoms with E-state index in [9.17, 15) is 9.18 Å². The number of halogens is 1. The lowest BCUT2D eigenvalue weighted by Gasteiger charge is -2.04. The van der Waals surface area contributed by atoms with Crippen molar-refractivity contribution in [1.29, 1.82) is 5.26 Å². The second-order valence-corrected chi connectivity index (χ2v) is 2.90. The predicted octanol–water partition coefficient (Wildman–Crippen LogP) is 1.77. The van der Waals surface area contributed by atoms with Crippen LogP contribution in [-0.2, 0) is 4.74 Å². The molecule has 0 atom stereocenters. The predicted molar refractivity (Wildman–Crippen MR) is 49.7 cm³/mol. The minimum atomic E-state index is -0.717. The number of thiol groups is 1. The Morgan fingerprint density at radius 2 is 2.29 bits per heavy atom. The molecule has 14 heavy (non-hydrogen) atoms. The fourth-order valence-corrected chi connectivity index (χ4v) is 1.15. The van der Waals surface area contributed by atoms with E-state index >= 15 is 0 Å². The summed E-state index contributed by atoms with van der Waals surface area (Å²) in [6.07, 6.45) is 0. The van der Waals surface area contributed by atoms with Crippen LogP contribution in [0.1, 0.15) is 15.9 Å². The number of nitriles is 1. The average Bonchev–Trinajstić information content (AvgIpc) is 2.20. The number of rotatable bonds is 1. The van der Waals surface area contributed by atoms with Gasteiger partial charge in [-0.25, -0.2) is 9.18 Å². The fraction of sp³-hybridized carbons (Fsp3) is 0.111. The van der Waals surface area contributed by atoms with Gasteiger partial charge in [0, 0.05) is 0 Å². The third-order valence-corrected chi connectivity index (χ3v) is 2.05. The molecule has 0 saturated heterocycles. The zero-order valence-corrected chi connectivity index (χ0v) is 8.14. The Hall–Kier alpha value is -1.54. The smallest absolute Gasteiger partial charge is 0.339 e. The van der Waals surface area contributed by atoms with E-state index in [1.165, 1.54) is 13.2 Å². The lowest BCUT2D eigenvalue weighted by molar-refractivity contribution is 0.0596. The summed E-state index contributed by atoms with van der Waals surface area (Å²) in [5.74, 6) is -1.43. The number of carbonyl (C=O) groups is 1. The topological polar surface area (TPSA) is 50.1 Å². The Balaban J connectivity index is 3.36. The van der Waals surface area contributed by atoms with Crippen LogP contribution < -0.4 is 0 Å². The standard InChI is InChI=1S/C9H6FNO2S/c1-13-9(12)6-2-5(4-11)3-7(10)8(6)14/h2-3,14H,1H3. The van der Waals surface area contributed by atoms with Gasteiger partial charge in [0.2, 0.25) is 0 Å². The van der Waals surface area contributed by atoms with E-state index in [2.05, 4.69) is 17.4 Å². The van der Waals surface area contributed by atoms with Crippen molar-refractivity contribution in [2.75, 3.05) is 7.11 Å². The van der Waals surface area contributed by atoms with Crippen LogP contribution in [0, 0.1) is 17.1 Å². The van der Waals surface area contributed by atoms with Gasteiger partial charge in [-0.3, -0.25) is 0 Å². The van der Waals surface area contributed by atoms with Crippen LogP contribution in [0.2, 0.25) is 0 Å². The van der Waals surface area contributed by atoms with E-state index in [0.29, 0.717) is 0 Å². The van der Waals surface area contributed by atoms with Gasteiger partial charge in [-0.05, 0) is 12.1 Å². The van der Waals surface area contributed by atoms with Crippen LogP contribution in [0.25, 0.3) is 0 Å². The van der Waals surface area contributed by atoms with Gasteiger partial charge < -0.3 is 4.74 Å². The molecule has 0 aliphatic rings. The van der Waals surface area contributed by atoms with Gasteiger partial charge in [0.1, 0.15) is 5.82 Å². The molecule has 1 aromatic carbocycles. The molecule has 5 heteroatoms. The third-order valence-electron chi connectivity index (χ3n) is 1.60. The summed E-state index contributed by atoms with van der Waals surface area (Å²) in [6, 6.07) is 3.97. The SMILES string of the molecule is COC(=O)c1cc(C#N)cc(F)c1S. The molecule has 0 heterocycles. The van der Waals surface area contributed by atoms with Crippen LogP contribution in [0.5, 0.6) is 0 Å². The maximum atomic E-state index is 13.1. The highest BCUT2D eigenvalue weighted by atomic mass is 32.1. The Labute approximate surface area is 85.5 Å². The first kappa shape index (κ1) is 10.5. The van der Waals surface area contributed by atoms with E-state index < -0.39 is 11.8 Å². The molecule has 0 aromatic heterocycles. The normalized spacial score (nSPS) is 9.29. The second-order valence-electron chi connectivity index (χ2n) is 2.46. The molecular weight excluding hydrogens is 205 g/mol. The van der Waals surface area contributed by atoms with Crippen molar-refractivity contribution >= 4 is 18.6 Å². The summed E-state index contributed by atoms with van der Waals surface area (Å²) in [5.41, 5.74) is 0.00748. The first-order chi connectivity index (χ1) is 6.60. The van der Waals surface area contributed by atoms with Gasteiger partial charge in [-0.15, -0.1) is 12.6 Å². The molecule has 0 amide bonds. The minimum absolute atomic E-state index is 0.0487. The van der Waals surface area contributed by atoms with Crippen molar-refractivity contribution in [1.82, 2.24) is 0 Å². The molecule has 72 valence electrons. The Morgan fingerprint density at radius 3 is 2.79 bits per heavy atom. The molecule has 0 fully saturated rings. The Kier molecular flexibility index (Phi) is 3.10. The molecule has 0 radical (unpaired) electrons. The zero-order valence-electron chi connectivity index (χ0n) is 7.24. The summed E-state index contributed by atoms with van der Waals surface area (Å²) in [4.78, 5) is 11.0. The average molecular weight is 211 g/mol. The van der Waals surface area contributed by atoms with Crippen LogP contribution in [0.15, 0.2) is 17.0 Å². The van der Waals surface area contributed by atoms with Crippen molar-refractivity contribution in [3.63, 3.8) is 0 Å². The largest absolute Gasteiger partial charge is 0.465 e. The highest BCUT2D eigenvalue weighted by molar-refractivity contribution is 7.80. The zero-order chi connectivity index (χ0) is 10.7. The highest BCUT2D eigenvalue weighted by Crippen LogP contribution is 2.20. The van der Waals surface area contributed by atoms with E-state index in [1.807, 2.05) is 0 Å². The van der Waals surface area contributed by atoms with Crippen molar-refractivity contribution in [3.8, 4) is 6.07 Å². The summed E-state index contributed by atoms with van der Waals surface area (Å²) in [6.45, 7) is 0. The number of ether oxygens (including phenoxy) is 1. The van der Waals surface area contributed by atoms with Gasteiger partial charge in [-0.2, -0.15) is 5.26 Å². The molecule has 0 N–H and O–H groups in total. The molecule has 0 saturated carbocycles. The van der Waals surface area contributed by atoms with E-state index in [4.69, 9.17) is 5.26 Å². The summed E-state index contributed by atoms with van der Waals surface area (Å²) in [7, 11) is 1.17. The van der Waals surface area contributed by atoms with Crippen LogP contribution in [0.4, 0.5) is 4.39 Å². The van der Waals surface area contributed by atoms with Gasteiger partial charge in [0.25, 0.3) is 0 Å². The second kappa shape index (κ2) is 4.11. The van der Waals surface area contributed by atoms with E-state index in [0.717, 1.165) is 6.07 Å². The van der Waals surface area contributed by atoms with Crippen molar-refractivity contribution in [2.45, 2.75) is 4.90 Å². The highest BCUT2D eigenvalue weighted by Gasteiger charge is 2.14. The number of hydrogen-bond donors (Lipinski definition) is 1. The molecule has 0 unspecified atom stereocenters. The van der Waals surface area contributed by atoms with Gasteiger partial charge >= 0.3 is 5.97 Å². The molecule has 0 bridgehead atoms. The first-order valence-electron chi connectivity index (χ1n) is 3.61. The van der Waals surface area contributed by atoms with Crippen LogP contribution >= 0.6 is 12.6 Å². The van der Waals surface area contributed by atoms with Crippen LogP contribution in [-0.4, -0.2) is 13.1 Å². The fourth-order valence-electron chi connectivity index (χ4n) is 0.929. The van der Waals surface area contributed by atoms with Crippen molar-refractivity contribution in [3.05, 3.63) is 29.1 Å². The summed E-state index contributed by atoms with van der Waals surface area (Å²) < 4.78 is 17.5. The maximum absolute atomic E-state index is 13.1. The van der Waals surface area contributed by atoms with Gasteiger partial charge in [0.15, 0.2) is 0 Å². The van der Waals surface area contributed by atoms with Gasteiger partial charge in [0.05, 0.1) is 29.2 Å². The lowest BCUT2D eigenvalue weighted by Crippen LogP contribution is -2.04. The molecular formula is C9H6FNO2S. The third kappa shape index (κ3) is 1.86. The lowest BCUT2D eigenvalue weighted by atomic mass is 10.1. The van der Waals surface area contributed by atoms with Gasteiger partial charge in [-0.1, -0.05) is 0 Å². The monoisotopic (exact) mass is 211 g/mol. The quantitative estimate of drug-likeness (QED) is 0.569. The molecule has 0 aliphatic heterocycles. The number of benzene rings is 1. The molecule has 3 nitrogen and oxygen atoms in total. The van der Waals surface area contributed by atoms with Crippen molar-refractivity contribution < 1.29 is 13.9 Å². The number of esters is 1. The van der Waals surface area contributed by atoms with E-state index in [-0.39, 0.29) is 16.0 Å². The molecule has 1 aromatic rings. The molecule has 0 spiro atoms. The maximum Gasteiger partial charge on any atom is 0.339 e. The first-order valence-corrected chi connectivity index (χ1v) is 4.05. The number of hydrogen-bond acceptors (Lipinski definition) is 4. The van der Waals surface area contributed by atoms with E-state index in [1.54, 1.807) is 6.07 Å². The molecule has 1 rings (SSSR count). The number of methoxy groups -OCH3 is 1. The molecule has 0 aliphatic carbocycles. The summed E-state index contributed by atoms with van der Waals surface area (Å²) >= 11 is 3.81.